The SMILES string of the molecule is [Sc][c]1ccccc1. The molecule has 7 heavy (non-hydrogen) atoms. The first-order chi connectivity index (χ1) is 3.39. The molecule has 0 aliphatic rings. The van der Waals surface area contributed by atoms with E-state index in [0.29, 0.717) is 0 Å². The van der Waals surface area contributed by atoms with Crippen molar-refractivity contribution in [2.24, 2.45) is 0 Å². The van der Waals surface area contributed by atoms with Crippen molar-refractivity contribution in [3.63, 3.8) is 0 Å². The molecular weight excluding hydrogens is 117 g/mol. The van der Waals surface area contributed by atoms with Crippen molar-refractivity contribution in [1.82, 2.24) is 0 Å². The molecule has 0 amide bonds. The molecule has 0 aliphatic carbocycles. The molecule has 0 nitrogen and oxygen atoms in total. The topological polar surface area (TPSA) is 0 Å². The summed E-state index contributed by atoms with van der Waals surface area (Å²) in [6.45, 7) is 0. The molecule has 0 spiro atoms. The van der Waals surface area contributed by atoms with E-state index in [-0.39, 0.29) is 0 Å². The third-order valence-electron chi connectivity index (χ3n) is 0.800. The molecule has 0 fully saturated rings. The van der Waals surface area contributed by atoms with Gasteiger partial charge < -0.3 is 0 Å². The summed E-state index contributed by atoms with van der Waals surface area (Å²) in [5, 5.41) is 0. The second kappa shape index (κ2) is 2.41. The van der Waals surface area contributed by atoms with E-state index in [2.05, 4.69) is 24.3 Å². The van der Waals surface area contributed by atoms with Crippen LogP contribution in [0.1, 0.15) is 0 Å². The Hall–Kier alpha value is 0.0901. The summed E-state index contributed by atoms with van der Waals surface area (Å²) in [5.41, 5.74) is 0. The van der Waals surface area contributed by atoms with E-state index in [1.54, 1.807) is 24.4 Å². The maximum atomic E-state index is 2.11. The molecule has 32 valence electrons. The standard InChI is InChI=1S/C6H5.Sc/c1-2-4-6-5-3-1;/h1-5H;. The van der Waals surface area contributed by atoms with Crippen molar-refractivity contribution in [2.45, 2.75) is 0 Å². The van der Waals surface area contributed by atoms with Crippen molar-refractivity contribution in [3.8, 4) is 0 Å². The number of hydrogen-bond acceptors (Lipinski definition) is 0. The van der Waals surface area contributed by atoms with Gasteiger partial charge in [0.1, 0.15) is 0 Å². The number of benzene rings is 1. The molecule has 1 rings (SSSR count). The van der Waals surface area contributed by atoms with E-state index in [1.807, 2.05) is 6.07 Å². The molecule has 0 heterocycles. The van der Waals surface area contributed by atoms with Gasteiger partial charge in [-0.3, -0.25) is 0 Å². The van der Waals surface area contributed by atoms with Crippen LogP contribution in [0.25, 0.3) is 0 Å². The van der Waals surface area contributed by atoms with Crippen molar-refractivity contribution >= 4 is 3.32 Å². The van der Waals surface area contributed by atoms with Crippen molar-refractivity contribution in [1.29, 1.82) is 0 Å². The van der Waals surface area contributed by atoms with E-state index < -0.39 is 0 Å². The Labute approximate surface area is 58.1 Å². The summed E-state index contributed by atoms with van der Waals surface area (Å²) in [6.07, 6.45) is 0. The molecule has 0 saturated carbocycles. The van der Waals surface area contributed by atoms with Crippen molar-refractivity contribution in [3.05, 3.63) is 30.3 Å². The monoisotopic (exact) mass is 122 g/mol. The number of hydrogen-bond donors (Lipinski definition) is 0. The molecule has 0 atom stereocenters. The maximum absolute atomic E-state index is 2.11. The Balaban J connectivity index is 3.02. The van der Waals surface area contributed by atoms with Crippen LogP contribution < -0.4 is 3.32 Å². The summed E-state index contributed by atoms with van der Waals surface area (Å²) in [7, 11) is 0. The molecule has 1 heteroatoms. The molecule has 0 bridgehead atoms. The van der Waals surface area contributed by atoms with E-state index in [1.165, 1.54) is 3.32 Å². The van der Waals surface area contributed by atoms with Crippen LogP contribution in [0.3, 0.4) is 0 Å². The van der Waals surface area contributed by atoms with Gasteiger partial charge in [-0.2, -0.15) is 0 Å². The summed E-state index contributed by atoms with van der Waals surface area (Å²) in [5.74, 6) is 0. The molecule has 1 aromatic carbocycles. The van der Waals surface area contributed by atoms with Crippen molar-refractivity contribution < 1.29 is 24.4 Å². The van der Waals surface area contributed by atoms with Crippen molar-refractivity contribution in [2.75, 3.05) is 0 Å². The van der Waals surface area contributed by atoms with Gasteiger partial charge in [0.05, 0.1) is 0 Å². The minimum absolute atomic E-state index is 1.38. The summed E-state index contributed by atoms with van der Waals surface area (Å²) < 4.78 is 1.38. The zero-order valence-electron chi connectivity index (χ0n) is 3.96. The van der Waals surface area contributed by atoms with E-state index in [0.717, 1.165) is 0 Å². The molecule has 0 aromatic heterocycles. The Morgan fingerprint density at radius 2 is 1.57 bits per heavy atom. The van der Waals surface area contributed by atoms with E-state index in [4.69, 9.17) is 0 Å². The fourth-order valence-electron chi connectivity index (χ4n) is 0.453. The Bertz CT molecular complexity index is 134. The van der Waals surface area contributed by atoms with Crippen LogP contribution in [0.4, 0.5) is 0 Å². The molecule has 1 aromatic rings. The van der Waals surface area contributed by atoms with Crippen LogP contribution in [-0.2, 0) is 24.4 Å². The van der Waals surface area contributed by atoms with Gasteiger partial charge in [0.2, 0.25) is 0 Å². The van der Waals surface area contributed by atoms with Gasteiger partial charge in [-0.25, -0.2) is 0 Å². The van der Waals surface area contributed by atoms with Gasteiger partial charge in [0.15, 0.2) is 0 Å². The van der Waals surface area contributed by atoms with Gasteiger partial charge in [0, 0.05) is 0 Å². The second-order valence-electron chi connectivity index (χ2n) is 1.41. The average molecular weight is 122 g/mol. The molecule has 0 radical (unpaired) electrons. The third kappa shape index (κ3) is 1.56. The van der Waals surface area contributed by atoms with E-state index in [9.17, 15) is 0 Å². The van der Waals surface area contributed by atoms with E-state index >= 15 is 0 Å². The predicted octanol–water partition coefficient (Wildman–Crippen LogP) is 0.859. The fourth-order valence-corrected chi connectivity index (χ4v) is 0.800. The van der Waals surface area contributed by atoms with Gasteiger partial charge >= 0.3 is 58.0 Å². The zero-order chi connectivity index (χ0) is 5.11. The first-order valence-electron chi connectivity index (χ1n) is 2.20. The molecule has 0 aliphatic heterocycles. The van der Waals surface area contributed by atoms with Gasteiger partial charge in [-0.1, -0.05) is 0 Å². The van der Waals surface area contributed by atoms with Crippen LogP contribution in [0, 0.1) is 0 Å². The van der Waals surface area contributed by atoms with Crippen LogP contribution >= 0.6 is 0 Å². The summed E-state index contributed by atoms with van der Waals surface area (Å²) in [4.78, 5) is 0. The van der Waals surface area contributed by atoms with Crippen LogP contribution in [0.15, 0.2) is 30.3 Å². The normalized spacial score (nSPS) is 8.43. The van der Waals surface area contributed by atoms with Gasteiger partial charge in [0.25, 0.3) is 0 Å². The summed E-state index contributed by atoms with van der Waals surface area (Å²) >= 11 is 1.67. The van der Waals surface area contributed by atoms with Crippen LogP contribution in [0.2, 0.25) is 0 Å². The molecule has 0 saturated heterocycles. The zero-order valence-corrected chi connectivity index (χ0v) is 5.77. The quantitative estimate of drug-likeness (QED) is 0.478. The van der Waals surface area contributed by atoms with Crippen LogP contribution in [-0.4, -0.2) is 0 Å². The summed E-state index contributed by atoms with van der Waals surface area (Å²) in [6, 6.07) is 10.4. The Kier molecular flexibility index (Phi) is 1.80. The Morgan fingerprint density at radius 1 is 1.00 bits per heavy atom. The first-order valence-corrected chi connectivity index (χ1v) is 3.10. The van der Waals surface area contributed by atoms with Crippen LogP contribution in [0.5, 0.6) is 0 Å². The molecule has 0 N–H and O–H groups in total. The third-order valence-corrected chi connectivity index (χ3v) is 1.40. The second-order valence-corrected chi connectivity index (χ2v) is 2.45. The van der Waals surface area contributed by atoms with Gasteiger partial charge in [-0.05, 0) is 0 Å². The average Bonchev–Trinajstić information content (AvgIpc) is 1.69. The number of rotatable bonds is 0. The molecule has 0 unspecified atom stereocenters. The Morgan fingerprint density at radius 3 is 1.86 bits per heavy atom. The predicted molar refractivity (Wildman–Crippen MR) is 26.1 cm³/mol. The van der Waals surface area contributed by atoms with Gasteiger partial charge in [-0.15, -0.1) is 0 Å². The fraction of sp³-hybridized carbons (Fsp3) is 0. The first kappa shape index (κ1) is 5.23. The molecular formula is C6H5Sc. The minimum atomic E-state index is 1.38.